The van der Waals surface area contributed by atoms with Gasteiger partial charge < -0.3 is 19.2 Å². The number of ether oxygens (including phenoxy) is 2. The lowest BCUT2D eigenvalue weighted by Gasteiger charge is -2.09. The lowest BCUT2D eigenvalue weighted by molar-refractivity contribution is -0.113. The molecule has 0 spiro atoms. The Bertz CT molecular complexity index is 1440. The van der Waals surface area contributed by atoms with Crippen molar-refractivity contribution in [3.05, 3.63) is 72.8 Å². The fraction of sp³-hybridized carbons (Fsp3) is 0.160. The molecule has 4 aromatic rings. The number of hydrogen-bond acceptors (Lipinski definition) is 9. The van der Waals surface area contributed by atoms with Gasteiger partial charge in [0, 0.05) is 16.9 Å². The monoisotopic (exact) mass is 540 g/mol. The molecule has 4 rings (SSSR count). The van der Waals surface area contributed by atoms with Crippen molar-refractivity contribution in [1.82, 2.24) is 10.2 Å². The van der Waals surface area contributed by atoms with Gasteiger partial charge >= 0.3 is 0 Å². The average molecular weight is 541 g/mol. The molecule has 0 aliphatic carbocycles. The number of nitrogens with one attached hydrogen (secondary N) is 2. The van der Waals surface area contributed by atoms with E-state index < -0.39 is 10.0 Å². The summed E-state index contributed by atoms with van der Waals surface area (Å²) in [6.45, 7) is 2.47. The molecule has 192 valence electrons. The Hall–Kier alpha value is -4.03. The van der Waals surface area contributed by atoms with Gasteiger partial charge in [-0.2, -0.15) is 0 Å². The number of benzene rings is 3. The highest BCUT2D eigenvalue weighted by atomic mass is 32.2. The molecule has 0 saturated carbocycles. The van der Waals surface area contributed by atoms with E-state index in [-0.39, 0.29) is 27.7 Å². The summed E-state index contributed by atoms with van der Waals surface area (Å²) in [7, 11) is -2.25. The van der Waals surface area contributed by atoms with Crippen LogP contribution < -0.4 is 19.5 Å². The Morgan fingerprint density at radius 1 is 0.919 bits per heavy atom. The standard InChI is InChI=1S/C25H24N4O6S2/c1-3-34-21-10-8-18(9-11-21)26-23(30)16-36-25-28-27-24(35-25)17-4-6-19(7-5-17)29-37(31,32)22-14-12-20(33-2)13-15-22/h4-15,29H,3,16H2,1-2H3,(H,26,30). The van der Waals surface area contributed by atoms with Crippen LogP contribution in [0, 0.1) is 0 Å². The Labute approximate surface area is 218 Å². The van der Waals surface area contributed by atoms with E-state index in [1.165, 1.54) is 19.2 Å². The van der Waals surface area contributed by atoms with E-state index >= 15 is 0 Å². The minimum Gasteiger partial charge on any atom is -0.497 e. The first-order chi connectivity index (χ1) is 17.9. The van der Waals surface area contributed by atoms with Crippen LogP contribution in [0.25, 0.3) is 11.5 Å². The van der Waals surface area contributed by atoms with Crippen molar-refractivity contribution >= 4 is 39.1 Å². The number of hydrogen-bond donors (Lipinski definition) is 2. The van der Waals surface area contributed by atoms with Gasteiger partial charge in [-0.1, -0.05) is 11.8 Å². The van der Waals surface area contributed by atoms with Crippen LogP contribution in [-0.2, 0) is 14.8 Å². The average Bonchev–Trinajstić information content (AvgIpc) is 3.38. The molecule has 1 aromatic heterocycles. The van der Waals surface area contributed by atoms with Crippen molar-refractivity contribution < 1.29 is 27.1 Å². The number of sulfonamides is 1. The topological polar surface area (TPSA) is 133 Å². The predicted molar refractivity (Wildman–Crippen MR) is 141 cm³/mol. The molecule has 1 heterocycles. The molecule has 2 N–H and O–H groups in total. The number of aromatic nitrogens is 2. The third kappa shape index (κ3) is 7.02. The van der Waals surface area contributed by atoms with Crippen LogP contribution in [0.5, 0.6) is 11.5 Å². The molecule has 10 nitrogen and oxygen atoms in total. The maximum absolute atomic E-state index is 12.6. The first-order valence-corrected chi connectivity index (χ1v) is 13.6. The van der Waals surface area contributed by atoms with Gasteiger partial charge in [-0.25, -0.2) is 8.42 Å². The largest absolute Gasteiger partial charge is 0.497 e. The van der Waals surface area contributed by atoms with E-state index in [0.717, 1.165) is 17.5 Å². The highest BCUT2D eigenvalue weighted by Crippen LogP contribution is 2.26. The third-order valence-corrected chi connectivity index (χ3v) is 7.15. The quantitative estimate of drug-likeness (QED) is 0.260. The fourth-order valence-electron chi connectivity index (χ4n) is 3.16. The second-order valence-electron chi connectivity index (χ2n) is 7.53. The Morgan fingerprint density at radius 2 is 1.57 bits per heavy atom. The second-order valence-corrected chi connectivity index (χ2v) is 10.1. The molecule has 0 bridgehead atoms. The molecule has 0 atom stereocenters. The molecule has 0 unspecified atom stereocenters. The number of anilines is 2. The first-order valence-electron chi connectivity index (χ1n) is 11.1. The van der Waals surface area contributed by atoms with Gasteiger partial charge in [0.15, 0.2) is 0 Å². The van der Waals surface area contributed by atoms with Crippen molar-refractivity contribution in [1.29, 1.82) is 0 Å². The van der Waals surface area contributed by atoms with Gasteiger partial charge in [-0.05, 0) is 79.7 Å². The fourth-order valence-corrected chi connectivity index (χ4v) is 4.78. The minimum absolute atomic E-state index is 0.0842. The van der Waals surface area contributed by atoms with Crippen LogP contribution in [0.4, 0.5) is 11.4 Å². The van der Waals surface area contributed by atoms with Crippen molar-refractivity contribution in [2.45, 2.75) is 17.0 Å². The number of rotatable bonds is 11. The number of thioether (sulfide) groups is 1. The number of methoxy groups -OCH3 is 1. The van der Waals surface area contributed by atoms with E-state index in [1.807, 2.05) is 6.92 Å². The molecule has 0 aliphatic heterocycles. The summed E-state index contributed by atoms with van der Waals surface area (Å²) in [6.07, 6.45) is 0. The molecule has 12 heteroatoms. The summed E-state index contributed by atoms with van der Waals surface area (Å²) in [4.78, 5) is 12.4. The summed E-state index contributed by atoms with van der Waals surface area (Å²) >= 11 is 1.11. The van der Waals surface area contributed by atoms with Crippen molar-refractivity contribution in [3.8, 4) is 23.0 Å². The summed E-state index contributed by atoms with van der Waals surface area (Å²) in [5.74, 6) is 1.41. The molecule has 0 aliphatic rings. The van der Waals surface area contributed by atoms with Crippen molar-refractivity contribution in [3.63, 3.8) is 0 Å². The van der Waals surface area contributed by atoms with Crippen LogP contribution in [0.3, 0.4) is 0 Å². The maximum atomic E-state index is 12.6. The molecule has 0 saturated heterocycles. The highest BCUT2D eigenvalue weighted by Gasteiger charge is 2.15. The Kier molecular flexibility index (Phi) is 8.31. The molecule has 37 heavy (non-hydrogen) atoms. The molecule has 1 amide bonds. The number of amides is 1. The van der Waals surface area contributed by atoms with Gasteiger partial charge in [0.2, 0.25) is 11.8 Å². The normalized spacial score (nSPS) is 11.1. The van der Waals surface area contributed by atoms with Crippen LogP contribution in [0.1, 0.15) is 6.92 Å². The summed E-state index contributed by atoms with van der Waals surface area (Å²) < 4.78 is 43.8. The molecule has 3 aromatic carbocycles. The van der Waals surface area contributed by atoms with Crippen LogP contribution in [0.15, 0.2) is 87.3 Å². The Balaban J connectivity index is 1.31. The van der Waals surface area contributed by atoms with E-state index in [9.17, 15) is 13.2 Å². The van der Waals surface area contributed by atoms with Gasteiger partial charge in [0.05, 0.1) is 24.4 Å². The lowest BCUT2D eigenvalue weighted by atomic mass is 10.2. The van der Waals surface area contributed by atoms with E-state index in [0.29, 0.717) is 29.3 Å². The lowest BCUT2D eigenvalue weighted by Crippen LogP contribution is -2.13. The van der Waals surface area contributed by atoms with E-state index in [1.54, 1.807) is 60.7 Å². The zero-order valence-corrected chi connectivity index (χ0v) is 21.6. The Morgan fingerprint density at radius 3 is 2.22 bits per heavy atom. The molecule has 0 radical (unpaired) electrons. The van der Waals surface area contributed by atoms with Gasteiger partial charge in [-0.3, -0.25) is 9.52 Å². The van der Waals surface area contributed by atoms with Crippen molar-refractivity contribution in [2.75, 3.05) is 29.5 Å². The highest BCUT2D eigenvalue weighted by molar-refractivity contribution is 7.99. The summed E-state index contributed by atoms with van der Waals surface area (Å²) in [6, 6.07) is 19.7. The summed E-state index contributed by atoms with van der Waals surface area (Å²) in [5, 5.41) is 11.0. The van der Waals surface area contributed by atoms with Crippen LogP contribution >= 0.6 is 11.8 Å². The van der Waals surface area contributed by atoms with Gasteiger partial charge in [-0.15, -0.1) is 10.2 Å². The number of nitrogens with zero attached hydrogens (tertiary/aromatic N) is 2. The van der Waals surface area contributed by atoms with Crippen molar-refractivity contribution in [2.24, 2.45) is 0 Å². The number of carbonyl (C=O) groups is 1. The first kappa shape index (κ1) is 26.0. The zero-order chi connectivity index (χ0) is 26.3. The van der Waals surface area contributed by atoms with Crippen LogP contribution in [-0.4, -0.2) is 44.0 Å². The smallest absolute Gasteiger partial charge is 0.277 e. The maximum Gasteiger partial charge on any atom is 0.277 e. The second kappa shape index (κ2) is 11.8. The number of carbonyl (C=O) groups excluding carboxylic acids is 1. The predicted octanol–water partition coefficient (Wildman–Crippen LogP) is 4.68. The molecular weight excluding hydrogens is 516 g/mol. The minimum atomic E-state index is -3.76. The zero-order valence-electron chi connectivity index (χ0n) is 20.0. The third-order valence-electron chi connectivity index (χ3n) is 4.94. The van der Waals surface area contributed by atoms with E-state index in [4.69, 9.17) is 13.9 Å². The van der Waals surface area contributed by atoms with E-state index in [2.05, 4.69) is 20.2 Å². The molecular formula is C25H24N4O6S2. The van der Waals surface area contributed by atoms with Gasteiger partial charge in [0.25, 0.3) is 15.2 Å². The summed E-state index contributed by atoms with van der Waals surface area (Å²) in [5.41, 5.74) is 1.63. The van der Waals surface area contributed by atoms with Crippen LogP contribution in [0.2, 0.25) is 0 Å². The van der Waals surface area contributed by atoms with Gasteiger partial charge in [0.1, 0.15) is 11.5 Å². The SMILES string of the molecule is CCOc1ccc(NC(=O)CSc2nnc(-c3ccc(NS(=O)(=O)c4ccc(OC)cc4)cc3)o2)cc1. The molecule has 0 fully saturated rings.